The lowest BCUT2D eigenvalue weighted by Gasteiger charge is -2.44. The fraction of sp³-hybridized carbons (Fsp3) is 0.864. The van der Waals surface area contributed by atoms with Gasteiger partial charge in [0.15, 0.2) is 0 Å². The topological polar surface area (TPSA) is 95.7 Å². The maximum Gasteiger partial charge on any atom is 0.245 e. The molecular weight excluding hydrogens is 368 g/mol. The molecule has 3 amide bonds. The molecule has 4 atom stereocenters. The number of amides is 3. The molecule has 2 heterocycles. The smallest absolute Gasteiger partial charge is 0.245 e. The van der Waals surface area contributed by atoms with E-state index in [2.05, 4.69) is 33.0 Å². The first-order valence-corrected chi connectivity index (χ1v) is 11.2. The van der Waals surface area contributed by atoms with Gasteiger partial charge in [0.05, 0.1) is 6.04 Å². The number of piperazine rings is 1. The van der Waals surface area contributed by atoms with Gasteiger partial charge >= 0.3 is 0 Å². The van der Waals surface area contributed by atoms with Gasteiger partial charge in [-0.05, 0) is 50.4 Å². The third kappa shape index (κ3) is 6.43. The Bertz CT molecular complexity index is 593. The molecule has 3 N–H and O–H groups in total. The molecule has 7 nitrogen and oxygen atoms in total. The van der Waals surface area contributed by atoms with Crippen LogP contribution in [-0.4, -0.2) is 65.3 Å². The van der Waals surface area contributed by atoms with Crippen molar-refractivity contribution in [2.45, 2.75) is 84.8 Å². The Balaban J connectivity index is 2.14. The van der Waals surface area contributed by atoms with E-state index < -0.39 is 6.04 Å². The van der Waals surface area contributed by atoms with E-state index in [1.54, 1.807) is 0 Å². The molecular formula is C22H40N4O3. The Kier molecular flexibility index (Phi) is 8.49. The highest BCUT2D eigenvalue weighted by molar-refractivity contribution is 5.90. The normalized spacial score (nSPS) is 26.9. The number of nitrogens with two attached hydrogens (primary N) is 1. The highest BCUT2D eigenvalue weighted by Crippen LogP contribution is 2.28. The Morgan fingerprint density at radius 1 is 1.17 bits per heavy atom. The number of nitrogens with zero attached hydrogens (tertiary/aromatic N) is 2. The molecule has 2 aliphatic rings. The van der Waals surface area contributed by atoms with Crippen molar-refractivity contribution in [3.05, 3.63) is 0 Å². The fourth-order valence-corrected chi connectivity index (χ4v) is 4.79. The number of hydrogen-bond acceptors (Lipinski definition) is 4. The predicted molar refractivity (Wildman–Crippen MR) is 114 cm³/mol. The summed E-state index contributed by atoms with van der Waals surface area (Å²) < 4.78 is 0. The van der Waals surface area contributed by atoms with Crippen LogP contribution in [0.5, 0.6) is 0 Å². The van der Waals surface area contributed by atoms with Gasteiger partial charge in [-0.1, -0.05) is 27.7 Å². The van der Waals surface area contributed by atoms with Crippen LogP contribution in [0, 0.1) is 17.8 Å². The minimum Gasteiger partial charge on any atom is -0.370 e. The molecule has 0 radical (unpaired) electrons. The minimum absolute atomic E-state index is 0.0553. The van der Waals surface area contributed by atoms with Gasteiger partial charge in [-0.3, -0.25) is 14.4 Å². The third-order valence-corrected chi connectivity index (χ3v) is 6.15. The van der Waals surface area contributed by atoms with Crippen LogP contribution in [0.15, 0.2) is 0 Å². The van der Waals surface area contributed by atoms with Gasteiger partial charge in [0.2, 0.25) is 17.7 Å². The Hall–Kier alpha value is -1.63. The van der Waals surface area contributed by atoms with Crippen LogP contribution in [0.4, 0.5) is 0 Å². The molecule has 0 saturated carbocycles. The largest absolute Gasteiger partial charge is 0.370 e. The van der Waals surface area contributed by atoms with E-state index in [-0.39, 0.29) is 35.7 Å². The molecule has 0 aliphatic carbocycles. The summed E-state index contributed by atoms with van der Waals surface area (Å²) in [7, 11) is 0. The second-order valence-corrected chi connectivity index (χ2v) is 9.75. The number of carbonyl (C=O) groups is 3. The van der Waals surface area contributed by atoms with E-state index in [1.165, 1.54) is 0 Å². The Morgan fingerprint density at radius 3 is 2.41 bits per heavy atom. The summed E-state index contributed by atoms with van der Waals surface area (Å²) in [6.45, 7) is 12.4. The van der Waals surface area contributed by atoms with Crippen molar-refractivity contribution >= 4 is 17.7 Å². The summed E-state index contributed by atoms with van der Waals surface area (Å²) >= 11 is 0. The van der Waals surface area contributed by atoms with Crippen molar-refractivity contribution in [1.82, 2.24) is 15.1 Å². The molecule has 0 unspecified atom stereocenters. The SMILES string of the molecule is CC(C)C[C@@H]1NCCN([C@@H](CC(C)C)C(=O)N2CC[C@@H](CC(N)=O)C[C@@H]2C)C1=O. The standard InChI is InChI=1S/C22H40N4O3/c1-14(2)10-18-21(28)26(9-7-24-18)19(11-15(3)4)22(29)25-8-6-17(12-16(25)5)13-20(23)27/h14-19,24H,6-13H2,1-5H3,(H2,23,27)/t16-,17+,18-,19-/m0/s1. The van der Waals surface area contributed by atoms with Crippen LogP contribution in [0.25, 0.3) is 0 Å². The molecule has 0 aromatic carbocycles. The summed E-state index contributed by atoms with van der Waals surface area (Å²) in [5.41, 5.74) is 5.36. The zero-order valence-electron chi connectivity index (χ0n) is 18.8. The molecule has 2 saturated heterocycles. The van der Waals surface area contributed by atoms with Crippen molar-refractivity contribution in [3.8, 4) is 0 Å². The van der Waals surface area contributed by atoms with Crippen molar-refractivity contribution in [1.29, 1.82) is 0 Å². The molecule has 0 aromatic rings. The number of likely N-dealkylation sites (tertiary alicyclic amines) is 1. The van der Waals surface area contributed by atoms with E-state index in [0.29, 0.717) is 37.8 Å². The van der Waals surface area contributed by atoms with Gasteiger partial charge in [0.1, 0.15) is 6.04 Å². The van der Waals surface area contributed by atoms with Crippen LogP contribution in [0.1, 0.15) is 66.7 Å². The number of primary amides is 1. The average molecular weight is 409 g/mol. The molecule has 7 heteroatoms. The number of piperidine rings is 1. The fourth-order valence-electron chi connectivity index (χ4n) is 4.79. The van der Waals surface area contributed by atoms with E-state index in [0.717, 1.165) is 25.8 Å². The zero-order chi connectivity index (χ0) is 21.7. The number of rotatable bonds is 8. The quantitative estimate of drug-likeness (QED) is 0.640. The zero-order valence-corrected chi connectivity index (χ0v) is 18.8. The van der Waals surface area contributed by atoms with E-state index >= 15 is 0 Å². The summed E-state index contributed by atoms with van der Waals surface area (Å²) in [6, 6.07) is -0.556. The predicted octanol–water partition coefficient (Wildman–Crippen LogP) is 1.75. The summed E-state index contributed by atoms with van der Waals surface area (Å²) in [5, 5.41) is 3.33. The van der Waals surface area contributed by atoms with Crippen molar-refractivity contribution in [3.63, 3.8) is 0 Å². The maximum absolute atomic E-state index is 13.6. The van der Waals surface area contributed by atoms with E-state index in [9.17, 15) is 14.4 Å². The summed E-state index contributed by atoms with van der Waals surface area (Å²) in [6.07, 6.45) is 3.42. The highest BCUT2D eigenvalue weighted by atomic mass is 16.2. The van der Waals surface area contributed by atoms with Crippen molar-refractivity contribution in [2.75, 3.05) is 19.6 Å². The molecule has 2 rings (SSSR count). The highest BCUT2D eigenvalue weighted by Gasteiger charge is 2.40. The second kappa shape index (κ2) is 10.4. The summed E-state index contributed by atoms with van der Waals surface area (Å²) in [5.74, 6) is 0.814. The van der Waals surface area contributed by atoms with Crippen molar-refractivity contribution in [2.24, 2.45) is 23.5 Å². The number of nitrogens with one attached hydrogen (secondary N) is 1. The van der Waals surface area contributed by atoms with Crippen LogP contribution in [-0.2, 0) is 14.4 Å². The van der Waals surface area contributed by atoms with Gasteiger partial charge in [-0.2, -0.15) is 0 Å². The van der Waals surface area contributed by atoms with Crippen LogP contribution in [0.3, 0.4) is 0 Å². The minimum atomic E-state index is -0.408. The van der Waals surface area contributed by atoms with Crippen molar-refractivity contribution < 1.29 is 14.4 Å². The number of hydrogen-bond donors (Lipinski definition) is 2. The lowest BCUT2D eigenvalue weighted by Crippen LogP contribution is -2.62. The van der Waals surface area contributed by atoms with Crippen LogP contribution >= 0.6 is 0 Å². The third-order valence-electron chi connectivity index (χ3n) is 6.15. The maximum atomic E-state index is 13.6. The first kappa shape index (κ1) is 23.6. The second-order valence-electron chi connectivity index (χ2n) is 9.75. The average Bonchev–Trinajstić information content (AvgIpc) is 2.60. The molecule has 0 aromatic heterocycles. The lowest BCUT2D eigenvalue weighted by atomic mass is 9.87. The monoisotopic (exact) mass is 408 g/mol. The molecule has 2 aliphatic heterocycles. The van der Waals surface area contributed by atoms with Gasteiger partial charge in [0.25, 0.3) is 0 Å². The van der Waals surface area contributed by atoms with Crippen LogP contribution < -0.4 is 11.1 Å². The van der Waals surface area contributed by atoms with E-state index in [4.69, 9.17) is 5.73 Å². The van der Waals surface area contributed by atoms with Gasteiger partial charge < -0.3 is 20.9 Å². The number of carbonyl (C=O) groups excluding carboxylic acids is 3. The van der Waals surface area contributed by atoms with E-state index in [1.807, 2.05) is 16.7 Å². The Morgan fingerprint density at radius 2 is 1.86 bits per heavy atom. The van der Waals surface area contributed by atoms with Crippen LogP contribution in [0.2, 0.25) is 0 Å². The molecule has 29 heavy (non-hydrogen) atoms. The molecule has 0 bridgehead atoms. The Labute approximate surface area is 175 Å². The van der Waals surface area contributed by atoms with Gasteiger partial charge in [0, 0.05) is 32.1 Å². The van der Waals surface area contributed by atoms with Gasteiger partial charge in [-0.25, -0.2) is 0 Å². The first-order valence-electron chi connectivity index (χ1n) is 11.2. The summed E-state index contributed by atoms with van der Waals surface area (Å²) in [4.78, 5) is 41.7. The lowest BCUT2D eigenvalue weighted by molar-refractivity contribution is -0.152. The van der Waals surface area contributed by atoms with Gasteiger partial charge in [-0.15, -0.1) is 0 Å². The molecule has 2 fully saturated rings. The molecule has 0 spiro atoms. The first-order chi connectivity index (χ1) is 13.6. The molecule has 166 valence electrons.